The molecule has 1 aromatic rings. The Morgan fingerprint density at radius 2 is 2.22 bits per heavy atom. The lowest BCUT2D eigenvalue weighted by Crippen LogP contribution is -2.24. The average molecular weight is 251 g/mol. The molecular weight excluding hydrogens is 229 g/mol. The highest BCUT2D eigenvalue weighted by Gasteiger charge is 2.30. The van der Waals surface area contributed by atoms with E-state index in [1.807, 2.05) is 12.1 Å². The van der Waals surface area contributed by atoms with Crippen LogP contribution in [0.25, 0.3) is 0 Å². The molecule has 2 rings (SSSR count). The van der Waals surface area contributed by atoms with E-state index in [4.69, 9.17) is 4.74 Å². The van der Waals surface area contributed by atoms with E-state index in [-0.39, 0.29) is 5.82 Å². The van der Waals surface area contributed by atoms with Gasteiger partial charge in [0.1, 0.15) is 0 Å². The lowest BCUT2D eigenvalue weighted by Gasteiger charge is -2.21. The van der Waals surface area contributed by atoms with Crippen molar-refractivity contribution in [1.29, 1.82) is 0 Å². The summed E-state index contributed by atoms with van der Waals surface area (Å²) in [6.07, 6.45) is 3.46. The van der Waals surface area contributed by atoms with Crippen molar-refractivity contribution >= 4 is 0 Å². The summed E-state index contributed by atoms with van der Waals surface area (Å²) in [4.78, 5) is 0. The molecule has 1 aliphatic carbocycles. The van der Waals surface area contributed by atoms with Crippen LogP contribution in [0.5, 0.6) is 5.75 Å². The molecule has 2 atom stereocenters. The van der Waals surface area contributed by atoms with Gasteiger partial charge in [-0.25, -0.2) is 4.39 Å². The lowest BCUT2D eigenvalue weighted by atomic mass is 9.88. The maximum Gasteiger partial charge on any atom is 0.168 e. The SMILES string of the molecule is CCNCC1CCCC1c1cccc(OC)c1F. The summed E-state index contributed by atoms with van der Waals surface area (Å²) in [5.41, 5.74) is 0.828. The van der Waals surface area contributed by atoms with Gasteiger partial charge in [-0.2, -0.15) is 0 Å². The third kappa shape index (κ3) is 2.66. The van der Waals surface area contributed by atoms with E-state index < -0.39 is 0 Å². The van der Waals surface area contributed by atoms with Crippen molar-refractivity contribution in [3.05, 3.63) is 29.6 Å². The number of nitrogens with one attached hydrogen (secondary N) is 1. The van der Waals surface area contributed by atoms with Crippen molar-refractivity contribution in [3.63, 3.8) is 0 Å². The summed E-state index contributed by atoms with van der Waals surface area (Å²) in [6, 6.07) is 5.49. The minimum Gasteiger partial charge on any atom is -0.494 e. The van der Waals surface area contributed by atoms with Crippen LogP contribution in [0.1, 0.15) is 37.7 Å². The second-order valence-corrected chi connectivity index (χ2v) is 4.97. The van der Waals surface area contributed by atoms with E-state index in [0.717, 1.165) is 25.1 Å². The van der Waals surface area contributed by atoms with E-state index >= 15 is 0 Å². The first-order chi connectivity index (χ1) is 8.77. The Kier molecular flexibility index (Phi) is 4.59. The van der Waals surface area contributed by atoms with Crippen LogP contribution in [0.2, 0.25) is 0 Å². The molecule has 0 amide bonds. The van der Waals surface area contributed by atoms with Crippen molar-refractivity contribution in [2.45, 2.75) is 32.1 Å². The summed E-state index contributed by atoms with van der Waals surface area (Å²) < 4.78 is 19.3. The molecule has 0 radical (unpaired) electrons. The highest BCUT2D eigenvalue weighted by Crippen LogP contribution is 2.41. The van der Waals surface area contributed by atoms with Gasteiger partial charge < -0.3 is 10.1 Å². The van der Waals surface area contributed by atoms with Gasteiger partial charge in [-0.05, 0) is 49.4 Å². The van der Waals surface area contributed by atoms with Crippen LogP contribution in [-0.4, -0.2) is 20.2 Å². The van der Waals surface area contributed by atoms with Gasteiger partial charge in [0.2, 0.25) is 0 Å². The second kappa shape index (κ2) is 6.19. The molecule has 3 heteroatoms. The Morgan fingerprint density at radius 3 is 2.94 bits per heavy atom. The van der Waals surface area contributed by atoms with Gasteiger partial charge in [0, 0.05) is 0 Å². The molecule has 1 aliphatic rings. The van der Waals surface area contributed by atoms with Crippen LogP contribution in [-0.2, 0) is 0 Å². The predicted molar refractivity (Wildman–Crippen MR) is 71.6 cm³/mol. The molecule has 18 heavy (non-hydrogen) atoms. The highest BCUT2D eigenvalue weighted by molar-refractivity contribution is 5.34. The first-order valence-corrected chi connectivity index (χ1v) is 6.81. The Labute approximate surface area is 109 Å². The molecule has 1 saturated carbocycles. The third-order valence-corrected chi connectivity index (χ3v) is 3.93. The molecule has 0 aromatic heterocycles. The number of halogens is 1. The van der Waals surface area contributed by atoms with Crippen LogP contribution in [0.4, 0.5) is 4.39 Å². The lowest BCUT2D eigenvalue weighted by molar-refractivity contribution is 0.375. The fourth-order valence-electron chi connectivity index (χ4n) is 2.99. The second-order valence-electron chi connectivity index (χ2n) is 4.97. The maximum absolute atomic E-state index is 14.3. The Hall–Kier alpha value is -1.09. The number of benzene rings is 1. The topological polar surface area (TPSA) is 21.3 Å². The summed E-state index contributed by atoms with van der Waals surface area (Å²) >= 11 is 0. The van der Waals surface area contributed by atoms with Crippen molar-refractivity contribution in [2.24, 2.45) is 5.92 Å². The van der Waals surface area contributed by atoms with Crippen molar-refractivity contribution in [3.8, 4) is 5.75 Å². The first kappa shape index (κ1) is 13.3. The summed E-state index contributed by atoms with van der Waals surface area (Å²) in [5.74, 6) is 1.07. The predicted octanol–water partition coefficient (Wildman–Crippen LogP) is 3.33. The summed E-state index contributed by atoms with van der Waals surface area (Å²) in [5, 5.41) is 3.38. The molecule has 100 valence electrons. The molecule has 2 unspecified atom stereocenters. The zero-order valence-electron chi connectivity index (χ0n) is 11.2. The molecule has 1 N–H and O–H groups in total. The number of hydrogen-bond acceptors (Lipinski definition) is 2. The van der Waals surface area contributed by atoms with Gasteiger partial charge in [-0.1, -0.05) is 25.5 Å². The normalized spacial score (nSPS) is 23.3. The average Bonchev–Trinajstić information content (AvgIpc) is 2.84. The zero-order valence-corrected chi connectivity index (χ0v) is 11.2. The monoisotopic (exact) mass is 251 g/mol. The van der Waals surface area contributed by atoms with Crippen molar-refractivity contribution < 1.29 is 9.13 Å². The smallest absolute Gasteiger partial charge is 0.168 e. The Bertz CT molecular complexity index is 394. The Balaban J connectivity index is 2.19. The van der Waals surface area contributed by atoms with Gasteiger partial charge in [-0.3, -0.25) is 0 Å². The van der Waals surface area contributed by atoms with Gasteiger partial charge >= 0.3 is 0 Å². The standard InChI is InChI=1S/C15H22FNO/c1-3-17-10-11-6-4-7-12(11)13-8-5-9-14(18-2)15(13)16/h5,8-9,11-12,17H,3-4,6-7,10H2,1-2H3. The molecule has 1 fully saturated rings. The molecule has 0 bridgehead atoms. The third-order valence-electron chi connectivity index (χ3n) is 3.93. The van der Waals surface area contributed by atoms with E-state index in [2.05, 4.69) is 12.2 Å². The minimum absolute atomic E-state index is 0.173. The molecule has 2 nitrogen and oxygen atoms in total. The van der Waals surface area contributed by atoms with Gasteiger partial charge in [0.05, 0.1) is 7.11 Å². The van der Waals surface area contributed by atoms with E-state index in [9.17, 15) is 4.39 Å². The van der Waals surface area contributed by atoms with Crippen LogP contribution in [0.15, 0.2) is 18.2 Å². The van der Waals surface area contributed by atoms with Crippen LogP contribution >= 0.6 is 0 Å². The minimum atomic E-state index is -0.173. The summed E-state index contributed by atoms with van der Waals surface area (Å²) in [7, 11) is 1.52. The fourth-order valence-corrected chi connectivity index (χ4v) is 2.99. The van der Waals surface area contributed by atoms with Gasteiger partial charge in [-0.15, -0.1) is 0 Å². The largest absolute Gasteiger partial charge is 0.494 e. The molecule has 0 aliphatic heterocycles. The van der Waals surface area contributed by atoms with E-state index in [1.165, 1.54) is 20.0 Å². The fraction of sp³-hybridized carbons (Fsp3) is 0.600. The van der Waals surface area contributed by atoms with Crippen molar-refractivity contribution in [1.82, 2.24) is 5.32 Å². The quantitative estimate of drug-likeness (QED) is 0.866. The first-order valence-electron chi connectivity index (χ1n) is 6.81. The van der Waals surface area contributed by atoms with Gasteiger partial charge in [0.15, 0.2) is 11.6 Å². The number of hydrogen-bond donors (Lipinski definition) is 1. The van der Waals surface area contributed by atoms with Crippen LogP contribution in [0.3, 0.4) is 0 Å². The number of rotatable bonds is 5. The Morgan fingerprint density at radius 1 is 1.39 bits per heavy atom. The molecule has 0 heterocycles. The van der Waals surface area contributed by atoms with Crippen molar-refractivity contribution in [2.75, 3.05) is 20.2 Å². The molecular formula is C15H22FNO. The van der Waals surface area contributed by atoms with E-state index in [0.29, 0.717) is 17.6 Å². The maximum atomic E-state index is 14.3. The molecule has 0 saturated heterocycles. The number of methoxy groups -OCH3 is 1. The molecule has 1 aromatic carbocycles. The zero-order chi connectivity index (χ0) is 13.0. The summed E-state index contributed by atoms with van der Waals surface area (Å²) in [6.45, 7) is 4.07. The van der Waals surface area contributed by atoms with Gasteiger partial charge in [0.25, 0.3) is 0 Å². The number of ether oxygens (including phenoxy) is 1. The highest BCUT2D eigenvalue weighted by atomic mass is 19.1. The molecule has 0 spiro atoms. The van der Waals surface area contributed by atoms with E-state index in [1.54, 1.807) is 6.07 Å². The van der Waals surface area contributed by atoms with Crippen LogP contribution < -0.4 is 10.1 Å². The van der Waals surface area contributed by atoms with Crippen LogP contribution in [0, 0.1) is 11.7 Å².